The monoisotopic (exact) mass is 240 g/mol. The lowest BCUT2D eigenvalue weighted by Gasteiger charge is -2.34. The van der Waals surface area contributed by atoms with Crippen molar-refractivity contribution in [3.63, 3.8) is 0 Å². The first-order chi connectivity index (χ1) is 8.09. The minimum atomic E-state index is 0.108. The Hall–Kier alpha value is -0.120. The minimum Gasteiger partial charge on any atom is -0.371 e. The third-order valence-corrected chi connectivity index (χ3v) is 4.19. The van der Waals surface area contributed by atoms with E-state index in [0.29, 0.717) is 6.10 Å². The second kappa shape index (κ2) is 5.68. The number of rotatable bonds is 4. The molecule has 2 heterocycles. The molecule has 100 valence electrons. The Labute approximate surface area is 106 Å². The third kappa shape index (κ3) is 3.94. The number of piperidine rings is 1. The number of likely N-dealkylation sites (tertiary alicyclic amines) is 1. The molecule has 3 nitrogen and oxygen atoms in total. The first-order valence-electron chi connectivity index (χ1n) is 7.19. The maximum absolute atomic E-state index is 6.08. The molecule has 2 N–H and O–H groups in total. The van der Waals surface area contributed by atoms with Crippen molar-refractivity contribution < 1.29 is 4.74 Å². The molecule has 0 aromatic rings. The summed E-state index contributed by atoms with van der Waals surface area (Å²) in [6.07, 6.45) is 6.78. The first kappa shape index (κ1) is 13.3. The molecule has 2 aliphatic heterocycles. The van der Waals surface area contributed by atoms with Gasteiger partial charge in [0.05, 0.1) is 11.7 Å². The van der Waals surface area contributed by atoms with Crippen LogP contribution in [0.4, 0.5) is 0 Å². The van der Waals surface area contributed by atoms with Gasteiger partial charge < -0.3 is 15.4 Å². The fourth-order valence-corrected chi connectivity index (χ4v) is 3.28. The number of ether oxygens (including phenoxy) is 1. The number of nitrogens with two attached hydrogens (primary N) is 1. The molecule has 2 aliphatic rings. The highest BCUT2D eigenvalue weighted by Crippen LogP contribution is 2.30. The summed E-state index contributed by atoms with van der Waals surface area (Å²) in [5.41, 5.74) is 5.77. The van der Waals surface area contributed by atoms with E-state index >= 15 is 0 Å². The molecular weight excluding hydrogens is 212 g/mol. The lowest BCUT2D eigenvalue weighted by Crippen LogP contribution is -2.41. The summed E-state index contributed by atoms with van der Waals surface area (Å²) in [5.74, 6) is 0.822. The van der Waals surface area contributed by atoms with Crippen LogP contribution in [0, 0.1) is 5.92 Å². The van der Waals surface area contributed by atoms with E-state index in [2.05, 4.69) is 18.7 Å². The summed E-state index contributed by atoms with van der Waals surface area (Å²) in [4.78, 5) is 2.59. The molecule has 0 saturated carbocycles. The zero-order valence-corrected chi connectivity index (χ0v) is 11.5. The molecule has 0 radical (unpaired) electrons. The van der Waals surface area contributed by atoms with Crippen molar-refractivity contribution in [3.8, 4) is 0 Å². The van der Waals surface area contributed by atoms with Gasteiger partial charge in [-0.2, -0.15) is 0 Å². The van der Waals surface area contributed by atoms with E-state index < -0.39 is 0 Å². The fraction of sp³-hybridized carbons (Fsp3) is 1.00. The molecule has 3 heteroatoms. The Balaban J connectivity index is 1.75. The van der Waals surface area contributed by atoms with Gasteiger partial charge in [0.15, 0.2) is 0 Å². The Morgan fingerprint density at radius 1 is 1.35 bits per heavy atom. The average Bonchev–Trinajstić information content (AvgIpc) is 2.59. The van der Waals surface area contributed by atoms with Crippen LogP contribution in [-0.2, 0) is 4.74 Å². The van der Waals surface area contributed by atoms with E-state index in [1.165, 1.54) is 45.2 Å². The predicted octanol–water partition coefficient (Wildman–Crippen LogP) is 2.00. The summed E-state index contributed by atoms with van der Waals surface area (Å²) in [7, 11) is 0. The fourth-order valence-electron chi connectivity index (χ4n) is 3.28. The zero-order valence-electron chi connectivity index (χ0n) is 11.5. The van der Waals surface area contributed by atoms with Crippen molar-refractivity contribution >= 4 is 0 Å². The van der Waals surface area contributed by atoms with Crippen LogP contribution in [0.25, 0.3) is 0 Å². The van der Waals surface area contributed by atoms with Crippen LogP contribution in [0.2, 0.25) is 0 Å². The second-order valence-corrected chi connectivity index (χ2v) is 6.38. The molecule has 2 unspecified atom stereocenters. The smallest absolute Gasteiger partial charge is 0.0710 e. The van der Waals surface area contributed by atoms with Crippen molar-refractivity contribution in [1.29, 1.82) is 0 Å². The van der Waals surface area contributed by atoms with Gasteiger partial charge in [-0.25, -0.2) is 0 Å². The minimum absolute atomic E-state index is 0.108. The highest BCUT2D eigenvalue weighted by atomic mass is 16.5. The topological polar surface area (TPSA) is 38.5 Å². The average molecular weight is 240 g/mol. The summed E-state index contributed by atoms with van der Waals surface area (Å²) in [6, 6.07) is 0. The molecule has 0 spiro atoms. The highest BCUT2D eigenvalue weighted by molar-refractivity contribution is 4.84. The molecular formula is C14H28N2O. The van der Waals surface area contributed by atoms with Gasteiger partial charge in [-0.15, -0.1) is 0 Å². The highest BCUT2D eigenvalue weighted by Gasteiger charge is 2.33. The zero-order chi connectivity index (χ0) is 12.3. The Bertz CT molecular complexity index is 240. The van der Waals surface area contributed by atoms with Crippen LogP contribution in [-0.4, -0.2) is 42.8 Å². The number of nitrogens with zero attached hydrogens (tertiary/aromatic N) is 1. The number of hydrogen-bond acceptors (Lipinski definition) is 3. The van der Waals surface area contributed by atoms with E-state index in [9.17, 15) is 0 Å². The molecule has 0 aliphatic carbocycles. The summed E-state index contributed by atoms with van der Waals surface area (Å²) in [6.45, 7) is 8.87. The summed E-state index contributed by atoms with van der Waals surface area (Å²) >= 11 is 0. The summed E-state index contributed by atoms with van der Waals surface area (Å²) in [5, 5.41) is 0. The van der Waals surface area contributed by atoms with Crippen LogP contribution in [0.15, 0.2) is 0 Å². The van der Waals surface area contributed by atoms with Gasteiger partial charge >= 0.3 is 0 Å². The van der Waals surface area contributed by atoms with Gasteiger partial charge in [-0.3, -0.25) is 0 Å². The quantitative estimate of drug-likeness (QED) is 0.817. The Morgan fingerprint density at radius 2 is 2.18 bits per heavy atom. The Morgan fingerprint density at radius 3 is 2.82 bits per heavy atom. The van der Waals surface area contributed by atoms with Gasteiger partial charge in [0.25, 0.3) is 0 Å². The van der Waals surface area contributed by atoms with Crippen LogP contribution in [0.5, 0.6) is 0 Å². The molecule has 0 aromatic heterocycles. The molecule has 2 fully saturated rings. The van der Waals surface area contributed by atoms with Gasteiger partial charge in [0.1, 0.15) is 0 Å². The standard InChI is InChI=1S/C14H28N2O/c1-14(2)7-5-13(17-14)11-16-9-3-4-12(10-16)6-8-15/h12-13H,3-11,15H2,1-2H3. The van der Waals surface area contributed by atoms with E-state index in [1.54, 1.807) is 0 Å². The largest absolute Gasteiger partial charge is 0.371 e. The van der Waals surface area contributed by atoms with Crippen molar-refractivity contribution in [2.24, 2.45) is 11.7 Å². The lowest BCUT2D eigenvalue weighted by atomic mass is 9.94. The van der Waals surface area contributed by atoms with Crippen LogP contribution >= 0.6 is 0 Å². The lowest BCUT2D eigenvalue weighted by molar-refractivity contribution is -0.0330. The number of hydrogen-bond donors (Lipinski definition) is 1. The van der Waals surface area contributed by atoms with E-state index in [0.717, 1.165) is 19.0 Å². The second-order valence-electron chi connectivity index (χ2n) is 6.38. The van der Waals surface area contributed by atoms with E-state index in [-0.39, 0.29) is 5.60 Å². The molecule has 0 aromatic carbocycles. The SMILES string of the molecule is CC1(C)CCC(CN2CCCC(CCN)C2)O1. The van der Waals surface area contributed by atoms with Crippen LogP contribution < -0.4 is 5.73 Å². The van der Waals surface area contributed by atoms with E-state index in [1.807, 2.05) is 0 Å². The first-order valence-corrected chi connectivity index (χ1v) is 7.19. The van der Waals surface area contributed by atoms with Crippen molar-refractivity contribution in [1.82, 2.24) is 4.90 Å². The van der Waals surface area contributed by atoms with Gasteiger partial charge in [-0.05, 0) is 65.0 Å². The third-order valence-electron chi connectivity index (χ3n) is 4.19. The maximum Gasteiger partial charge on any atom is 0.0710 e. The molecule has 2 atom stereocenters. The van der Waals surface area contributed by atoms with Gasteiger partial charge in [-0.1, -0.05) is 0 Å². The van der Waals surface area contributed by atoms with Gasteiger partial charge in [0, 0.05) is 13.1 Å². The van der Waals surface area contributed by atoms with Crippen molar-refractivity contribution in [2.45, 2.75) is 57.7 Å². The van der Waals surface area contributed by atoms with Crippen molar-refractivity contribution in [2.75, 3.05) is 26.2 Å². The van der Waals surface area contributed by atoms with Crippen LogP contribution in [0.1, 0.15) is 46.0 Å². The van der Waals surface area contributed by atoms with Crippen LogP contribution in [0.3, 0.4) is 0 Å². The van der Waals surface area contributed by atoms with Crippen molar-refractivity contribution in [3.05, 3.63) is 0 Å². The maximum atomic E-state index is 6.08. The molecule has 2 rings (SSSR count). The van der Waals surface area contributed by atoms with E-state index in [4.69, 9.17) is 10.5 Å². The summed E-state index contributed by atoms with van der Waals surface area (Å²) < 4.78 is 6.08. The molecule has 2 saturated heterocycles. The molecule has 0 bridgehead atoms. The van der Waals surface area contributed by atoms with Gasteiger partial charge in [0.2, 0.25) is 0 Å². The normalized spacial score (nSPS) is 34.1. The Kier molecular flexibility index (Phi) is 4.45. The molecule has 17 heavy (non-hydrogen) atoms. The molecule has 0 amide bonds. The predicted molar refractivity (Wildman–Crippen MR) is 71.0 cm³/mol.